The van der Waals surface area contributed by atoms with Gasteiger partial charge in [-0.1, -0.05) is 42.3 Å². The molecule has 0 spiro atoms. The number of rotatable bonds is 3. The molecule has 0 bridgehead atoms. The van der Waals surface area contributed by atoms with Crippen LogP contribution in [-0.4, -0.2) is 9.55 Å². The minimum absolute atomic E-state index is 0.169. The second kappa shape index (κ2) is 6.39. The monoisotopic (exact) mass is 320 g/mol. The third kappa shape index (κ3) is 3.18. The quantitative estimate of drug-likeness (QED) is 0.753. The second-order valence-corrected chi connectivity index (χ2v) is 5.28. The first kappa shape index (κ1) is 15.5. The Labute approximate surface area is 137 Å². The van der Waals surface area contributed by atoms with Crippen LogP contribution in [0.4, 0.5) is 4.39 Å². The minimum Gasteiger partial charge on any atom is -0.293 e. The summed E-state index contributed by atoms with van der Waals surface area (Å²) in [7, 11) is 0. The van der Waals surface area contributed by atoms with Gasteiger partial charge in [0, 0.05) is 5.56 Å². The lowest BCUT2D eigenvalue weighted by Crippen LogP contribution is -2.31. The molecule has 1 N–H and O–H groups in total. The van der Waals surface area contributed by atoms with Crippen molar-refractivity contribution in [3.05, 3.63) is 92.5 Å². The number of benzene rings is 2. The molecule has 3 aromatic rings. The highest BCUT2D eigenvalue weighted by Crippen LogP contribution is 2.20. The largest absolute Gasteiger partial charge is 0.328 e. The minimum atomic E-state index is -1.01. The molecule has 0 saturated carbocycles. The van der Waals surface area contributed by atoms with E-state index in [1.54, 1.807) is 0 Å². The standard InChI is InChI=1S/C19H13FN2O2/c1-2-13-3-7-15(8-4-13)16-9-5-14(6-10-16)11-22-12-17(20)18(23)21-19(22)24/h1,3-10,12H,11H2,(H,21,23,24). The molecule has 0 aliphatic heterocycles. The highest BCUT2D eigenvalue weighted by molar-refractivity contribution is 5.64. The fraction of sp³-hybridized carbons (Fsp3) is 0.0526. The SMILES string of the molecule is C#Cc1ccc(-c2ccc(Cn3cc(F)c(=O)[nH]c3=O)cc2)cc1. The number of aromatic nitrogens is 2. The summed E-state index contributed by atoms with van der Waals surface area (Å²) in [5.41, 5.74) is 2.00. The van der Waals surface area contributed by atoms with Crippen LogP contribution in [0.5, 0.6) is 0 Å². The number of aromatic amines is 1. The van der Waals surface area contributed by atoms with E-state index < -0.39 is 17.1 Å². The lowest BCUT2D eigenvalue weighted by molar-refractivity contribution is 0.566. The maximum Gasteiger partial charge on any atom is 0.328 e. The summed E-state index contributed by atoms with van der Waals surface area (Å²) in [4.78, 5) is 24.6. The number of nitrogens with one attached hydrogen (secondary N) is 1. The lowest BCUT2D eigenvalue weighted by Gasteiger charge is -2.07. The molecule has 4 nitrogen and oxygen atoms in total. The first-order valence-electron chi connectivity index (χ1n) is 7.22. The molecular weight excluding hydrogens is 307 g/mol. The summed E-state index contributed by atoms with van der Waals surface area (Å²) in [5, 5.41) is 0. The molecule has 0 unspecified atom stereocenters. The fourth-order valence-electron chi connectivity index (χ4n) is 2.36. The van der Waals surface area contributed by atoms with Gasteiger partial charge in [-0.15, -0.1) is 6.42 Å². The van der Waals surface area contributed by atoms with E-state index in [2.05, 4.69) is 5.92 Å². The van der Waals surface area contributed by atoms with Crippen LogP contribution >= 0.6 is 0 Å². The van der Waals surface area contributed by atoms with Crippen LogP contribution in [0, 0.1) is 18.2 Å². The zero-order chi connectivity index (χ0) is 17.1. The van der Waals surface area contributed by atoms with Crippen molar-refractivity contribution in [1.82, 2.24) is 9.55 Å². The summed E-state index contributed by atoms with van der Waals surface area (Å²) in [5.74, 6) is 1.58. The third-order valence-electron chi connectivity index (χ3n) is 3.66. The van der Waals surface area contributed by atoms with Gasteiger partial charge in [0.05, 0.1) is 12.7 Å². The van der Waals surface area contributed by atoms with Crippen LogP contribution in [0.1, 0.15) is 11.1 Å². The zero-order valence-electron chi connectivity index (χ0n) is 12.6. The average Bonchev–Trinajstić information content (AvgIpc) is 2.60. The van der Waals surface area contributed by atoms with Crippen molar-refractivity contribution in [2.45, 2.75) is 6.54 Å². The summed E-state index contributed by atoms with van der Waals surface area (Å²) < 4.78 is 14.4. The fourth-order valence-corrected chi connectivity index (χ4v) is 2.36. The molecule has 0 saturated heterocycles. The molecule has 0 radical (unpaired) electrons. The van der Waals surface area contributed by atoms with Crippen molar-refractivity contribution in [1.29, 1.82) is 0 Å². The Hall–Kier alpha value is -3.39. The van der Waals surface area contributed by atoms with Crippen LogP contribution in [0.25, 0.3) is 11.1 Å². The molecule has 0 fully saturated rings. The van der Waals surface area contributed by atoms with Gasteiger partial charge >= 0.3 is 5.69 Å². The Morgan fingerprint density at radius 2 is 1.58 bits per heavy atom. The second-order valence-electron chi connectivity index (χ2n) is 5.28. The Morgan fingerprint density at radius 3 is 2.17 bits per heavy atom. The summed E-state index contributed by atoms with van der Waals surface area (Å²) >= 11 is 0. The molecule has 24 heavy (non-hydrogen) atoms. The van der Waals surface area contributed by atoms with Crippen LogP contribution in [0.2, 0.25) is 0 Å². The number of hydrogen-bond donors (Lipinski definition) is 1. The topological polar surface area (TPSA) is 54.9 Å². The predicted octanol–water partition coefficient (Wildman–Crippen LogP) is 2.37. The molecule has 5 heteroatoms. The van der Waals surface area contributed by atoms with Crippen LogP contribution in [0.3, 0.4) is 0 Å². The first-order valence-corrected chi connectivity index (χ1v) is 7.22. The van der Waals surface area contributed by atoms with Crippen LogP contribution in [-0.2, 0) is 6.54 Å². The van der Waals surface area contributed by atoms with E-state index in [1.807, 2.05) is 53.5 Å². The number of terminal acetylenes is 1. The van der Waals surface area contributed by atoms with Gasteiger partial charge in [-0.05, 0) is 28.8 Å². The summed E-state index contributed by atoms with van der Waals surface area (Å²) in [6.07, 6.45) is 6.25. The summed E-state index contributed by atoms with van der Waals surface area (Å²) in [6, 6.07) is 15.1. The number of nitrogens with zero attached hydrogens (tertiary/aromatic N) is 1. The van der Waals surface area contributed by atoms with Gasteiger partial charge in [0.1, 0.15) is 0 Å². The first-order chi connectivity index (χ1) is 11.6. The van der Waals surface area contributed by atoms with Gasteiger partial charge in [0.15, 0.2) is 0 Å². The van der Waals surface area contributed by atoms with E-state index in [-0.39, 0.29) is 6.54 Å². The molecule has 2 aromatic carbocycles. The van der Waals surface area contributed by atoms with Gasteiger partial charge < -0.3 is 0 Å². The Balaban J connectivity index is 1.84. The molecule has 0 aliphatic carbocycles. The molecule has 1 aromatic heterocycles. The number of hydrogen-bond acceptors (Lipinski definition) is 2. The molecule has 3 rings (SSSR count). The van der Waals surface area contributed by atoms with Gasteiger partial charge in [-0.2, -0.15) is 4.39 Å². The van der Waals surface area contributed by atoms with E-state index in [9.17, 15) is 14.0 Å². The van der Waals surface area contributed by atoms with Gasteiger partial charge in [-0.25, -0.2) is 4.79 Å². The molecular formula is C19H13FN2O2. The molecule has 0 atom stereocenters. The normalized spacial score (nSPS) is 10.3. The number of halogens is 1. The van der Waals surface area contributed by atoms with E-state index in [4.69, 9.17) is 6.42 Å². The average molecular weight is 320 g/mol. The van der Waals surface area contributed by atoms with Crippen molar-refractivity contribution in [3.8, 4) is 23.5 Å². The predicted molar refractivity (Wildman–Crippen MR) is 90.2 cm³/mol. The van der Waals surface area contributed by atoms with Crippen molar-refractivity contribution < 1.29 is 4.39 Å². The van der Waals surface area contributed by atoms with E-state index >= 15 is 0 Å². The molecule has 118 valence electrons. The van der Waals surface area contributed by atoms with Crippen molar-refractivity contribution >= 4 is 0 Å². The Bertz CT molecular complexity index is 1020. The van der Waals surface area contributed by atoms with Gasteiger partial charge in [-0.3, -0.25) is 14.3 Å². The van der Waals surface area contributed by atoms with Crippen LogP contribution < -0.4 is 11.2 Å². The van der Waals surface area contributed by atoms with Crippen molar-refractivity contribution in [2.75, 3.05) is 0 Å². The van der Waals surface area contributed by atoms with Gasteiger partial charge in [0.2, 0.25) is 5.82 Å². The zero-order valence-corrected chi connectivity index (χ0v) is 12.6. The molecule has 0 amide bonds. The third-order valence-corrected chi connectivity index (χ3v) is 3.66. The number of H-pyrrole nitrogens is 1. The highest BCUT2D eigenvalue weighted by Gasteiger charge is 2.05. The van der Waals surface area contributed by atoms with E-state index in [0.717, 1.165) is 33.0 Å². The summed E-state index contributed by atoms with van der Waals surface area (Å²) in [6.45, 7) is 0.169. The van der Waals surface area contributed by atoms with Crippen molar-refractivity contribution in [3.63, 3.8) is 0 Å². The van der Waals surface area contributed by atoms with E-state index in [1.165, 1.54) is 0 Å². The maximum atomic E-state index is 13.3. The highest BCUT2D eigenvalue weighted by atomic mass is 19.1. The Kier molecular flexibility index (Phi) is 4.13. The maximum absolute atomic E-state index is 13.3. The van der Waals surface area contributed by atoms with Crippen LogP contribution in [0.15, 0.2) is 64.3 Å². The molecule has 0 aliphatic rings. The Morgan fingerprint density at radius 1 is 1.00 bits per heavy atom. The van der Waals surface area contributed by atoms with Gasteiger partial charge in [0.25, 0.3) is 5.56 Å². The molecule has 1 heterocycles. The van der Waals surface area contributed by atoms with Crippen molar-refractivity contribution in [2.24, 2.45) is 0 Å². The lowest BCUT2D eigenvalue weighted by atomic mass is 10.0. The van der Waals surface area contributed by atoms with E-state index in [0.29, 0.717) is 0 Å². The smallest absolute Gasteiger partial charge is 0.293 e.